The molecule has 0 radical (unpaired) electrons. The molecule has 0 atom stereocenters. The molecule has 0 saturated carbocycles. The van der Waals surface area contributed by atoms with Crippen molar-refractivity contribution in [1.82, 2.24) is 9.88 Å². The van der Waals surface area contributed by atoms with Crippen molar-refractivity contribution in [2.75, 3.05) is 44.3 Å². The number of piperidine rings is 1. The zero-order chi connectivity index (χ0) is 19.3. The molecule has 2 aliphatic heterocycles. The summed E-state index contributed by atoms with van der Waals surface area (Å²) >= 11 is 5.91. The molecule has 0 aliphatic carbocycles. The van der Waals surface area contributed by atoms with Crippen molar-refractivity contribution in [3.8, 4) is 5.75 Å². The molecule has 148 valence electrons. The molecular formula is C21H24ClN3O3. The highest BCUT2D eigenvalue weighted by molar-refractivity contribution is 6.30. The zero-order valence-electron chi connectivity index (χ0n) is 15.7. The van der Waals surface area contributed by atoms with Gasteiger partial charge in [0.15, 0.2) is 0 Å². The maximum absolute atomic E-state index is 12.9. The largest absolute Gasteiger partial charge is 0.490 e. The molecule has 28 heavy (non-hydrogen) atoms. The molecule has 1 aromatic carbocycles. The van der Waals surface area contributed by atoms with Gasteiger partial charge in [-0.25, -0.2) is 4.98 Å². The predicted molar refractivity (Wildman–Crippen MR) is 108 cm³/mol. The Kier molecular flexibility index (Phi) is 5.98. The number of anilines is 1. The Balaban J connectivity index is 1.34. The maximum Gasteiger partial charge on any atom is 0.254 e. The number of likely N-dealkylation sites (tertiary alicyclic amines) is 1. The molecule has 2 saturated heterocycles. The van der Waals surface area contributed by atoms with Crippen molar-refractivity contribution >= 4 is 23.3 Å². The Bertz CT molecular complexity index is 801. The lowest BCUT2D eigenvalue weighted by atomic mass is 10.1. The summed E-state index contributed by atoms with van der Waals surface area (Å²) in [5.41, 5.74) is 0.688. The van der Waals surface area contributed by atoms with Crippen molar-refractivity contribution in [3.63, 3.8) is 0 Å². The van der Waals surface area contributed by atoms with E-state index in [1.165, 1.54) is 0 Å². The number of hydrogen-bond donors (Lipinski definition) is 0. The summed E-state index contributed by atoms with van der Waals surface area (Å²) in [5.74, 6) is 1.72. The normalized spacial score (nSPS) is 18.2. The lowest BCUT2D eigenvalue weighted by Gasteiger charge is -2.32. The fourth-order valence-corrected chi connectivity index (χ4v) is 3.71. The average molecular weight is 402 g/mol. The molecule has 0 N–H and O–H groups in total. The molecule has 1 aromatic heterocycles. The van der Waals surface area contributed by atoms with Crippen LogP contribution >= 0.6 is 11.6 Å². The molecule has 4 rings (SSSR count). The number of pyridine rings is 1. The van der Waals surface area contributed by atoms with Crippen LogP contribution in [-0.2, 0) is 4.74 Å². The minimum absolute atomic E-state index is 0.0573. The standard InChI is InChI=1S/C21H24ClN3O3/c22-17-1-3-18(4-2-17)28-19-6-9-25(10-7-19)21(26)16-5-8-23-20(15-16)24-11-13-27-14-12-24/h1-5,8,15,19H,6-7,9-14H2. The van der Waals surface area contributed by atoms with Gasteiger partial charge in [0.1, 0.15) is 17.7 Å². The first-order valence-corrected chi connectivity index (χ1v) is 10.1. The number of amides is 1. The first-order valence-electron chi connectivity index (χ1n) is 9.69. The molecule has 3 heterocycles. The highest BCUT2D eigenvalue weighted by Gasteiger charge is 2.25. The second-order valence-corrected chi connectivity index (χ2v) is 7.50. The number of ether oxygens (including phenoxy) is 2. The van der Waals surface area contributed by atoms with Crippen molar-refractivity contribution < 1.29 is 14.3 Å². The van der Waals surface area contributed by atoms with Crippen LogP contribution in [-0.4, -0.2) is 61.3 Å². The van der Waals surface area contributed by atoms with Gasteiger partial charge < -0.3 is 19.3 Å². The molecule has 2 aromatic rings. The van der Waals surface area contributed by atoms with Crippen LogP contribution < -0.4 is 9.64 Å². The Morgan fingerprint density at radius 3 is 2.50 bits per heavy atom. The van der Waals surface area contributed by atoms with Gasteiger partial charge in [-0.1, -0.05) is 11.6 Å². The molecule has 2 aliphatic rings. The number of halogens is 1. The third-order valence-electron chi connectivity index (χ3n) is 5.17. The first kappa shape index (κ1) is 19.0. The van der Waals surface area contributed by atoms with Crippen molar-refractivity contribution in [2.45, 2.75) is 18.9 Å². The molecule has 0 spiro atoms. The van der Waals surface area contributed by atoms with Crippen LogP contribution in [0.5, 0.6) is 5.75 Å². The van der Waals surface area contributed by atoms with Crippen LogP contribution in [0.1, 0.15) is 23.2 Å². The van der Waals surface area contributed by atoms with Crippen LogP contribution in [0.4, 0.5) is 5.82 Å². The molecule has 6 nitrogen and oxygen atoms in total. The van der Waals surface area contributed by atoms with Crippen molar-refractivity contribution in [2.24, 2.45) is 0 Å². The first-order chi connectivity index (χ1) is 13.7. The SMILES string of the molecule is O=C(c1ccnc(N2CCOCC2)c1)N1CCC(Oc2ccc(Cl)cc2)CC1. The topological polar surface area (TPSA) is 54.9 Å². The lowest BCUT2D eigenvalue weighted by Crippen LogP contribution is -2.42. The van der Waals surface area contributed by atoms with Gasteiger partial charge in [-0.05, 0) is 36.4 Å². The number of morpholine rings is 1. The highest BCUT2D eigenvalue weighted by atomic mass is 35.5. The molecule has 0 unspecified atom stereocenters. The van der Waals surface area contributed by atoms with E-state index in [4.69, 9.17) is 21.1 Å². The van der Waals surface area contributed by atoms with E-state index in [0.29, 0.717) is 36.9 Å². The third kappa shape index (κ3) is 4.56. The van der Waals surface area contributed by atoms with Gasteiger partial charge in [0.05, 0.1) is 13.2 Å². The summed E-state index contributed by atoms with van der Waals surface area (Å²) in [6.07, 6.45) is 3.46. The van der Waals surface area contributed by atoms with Gasteiger partial charge in [0.2, 0.25) is 0 Å². The van der Waals surface area contributed by atoms with Crippen LogP contribution in [0.15, 0.2) is 42.6 Å². The zero-order valence-corrected chi connectivity index (χ0v) is 16.5. The van der Waals surface area contributed by atoms with Crippen molar-refractivity contribution in [1.29, 1.82) is 0 Å². The van der Waals surface area contributed by atoms with E-state index in [9.17, 15) is 4.79 Å². The smallest absolute Gasteiger partial charge is 0.254 e. The molecular weight excluding hydrogens is 378 g/mol. The van der Waals surface area contributed by atoms with E-state index in [1.807, 2.05) is 35.2 Å². The van der Waals surface area contributed by atoms with Gasteiger partial charge in [-0.15, -0.1) is 0 Å². The van der Waals surface area contributed by atoms with E-state index >= 15 is 0 Å². The van der Waals surface area contributed by atoms with E-state index in [2.05, 4.69) is 9.88 Å². The summed E-state index contributed by atoms with van der Waals surface area (Å²) in [4.78, 5) is 21.4. The number of carbonyl (C=O) groups is 1. The van der Waals surface area contributed by atoms with Gasteiger partial charge in [0, 0.05) is 55.8 Å². The molecule has 2 fully saturated rings. The van der Waals surface area contributed by atoms with Crippen LogP contribution in [0.3, 0.4) is 0 Å². The summed E-state index contributed by atoms with van der Waals surface area (Å²) in [7, 11) is 0. The van der Waals surface area contributed by atoms with Gasteiger partial charge >= 0.3 is 0 Å². The second-order valence-electron chi connectivity index (χ2n) is 7.07. The van der Waals surface area contributed by atoms with Crippen molar-refractivity contribution in [3.05, 3.63) is 53.2 Å². The molecule has 0 bridgehead atoms. The maximum atomic E-state index is 12.9. The van der Waals surface area contributed by atoms with E-state index in [1.54, 1.807) is 12.3 Å². The average Bonchev–Trinajstić information content (AvgIpc) is 2.76. The van der Waals surface area contributed by atoms with E-state index < -0.39 is 0 Å². The third-order valence-corrected chi connectivity index (χ3v) is 5.43. The number of carbonyl (C=O) groups excluding carboxylic acids is 1. The van der Waals surface area contributed by atoms with Gasteiger partial charge in [0.25, 0.3) is 5.91 Å². The lowest BCUT2D eigenvalue weighted by molar-refractivity contribution is 0.0595. The Morgan fingerprint density at radius 1 is 1.07 bits per heavy atom. The quantitative estimate of drug-likeness (QED) is 0.787. The minimum Gasteiger partial charge on any atom is -0.490 e. The minimum atomic E-state index is 0.0573. The number of nitrogens with zero attached hydrogens (tertiary/aromatic N) is 3. The van der Waals surface area contributed by atoms with E-state index in [0.717, 1.165) is 37.5 Å². The Morgan fingerprint density at radius 2 is 1.79 bits per heavy atom. The summed E-state index contributed by atoms with van der Waals surface area (Å²) < 4.78 is 11.4. The molecule has 1 amide bonds. The fraction of sp³-hybridized carbons (Fsp3) is 0.429. The van der Waals surface area contributed by atoms with Gasteiger partial charge in [-0.2, -0.15) is 0 Å². The van der Waals surface area contributed by atoms with Crippen LogP contribution in [0.25, 0.3) is 0 Å². The summed E-state index contributed by atoms with van der Waals surface area (Å²) in [5, 5.41) is 0.696. The highest BCUT2D eigenvalue weighted by Crippen LogP contribution is 2.22. The number of rotatable bonds is 4. The predicted octanol–water partition coefficient (Wildman–Crippen LogP) is 3.26. The molecule has 7 heteroatoms. The monoisotopic (exact) mass is 401 g/mol. The second kappa shape index (κ2) is 8.80. The number of hydrogen-bond acceptors (Lipinski definition) is 5. The summed E-state index contributed by atoms with van der Waals surface area (Å²) in [6.45, 7) is 4.37. The number of aromatic nitrogens is 1. The summed E-state index contributed by atoms with van der Waals surface area (Å²) in [6, 6.07) is 11.1. The van der Waals surface area contributed by atoms with E-state index in [-0.39, 0.29) is 12.0 Å². The van der Waals surface area contributed by atoms with Crippen LogP contribution in [0, 0.1) is 0 Å². The Labute approximate surface area is 170 Å². The fourth-order valence-electron chi connectivity index (χ4n) is 3.58. The van der Waals surface area contributed by atoms with Crippen LogP contribution in [0.2, 0.25) is 5.02 Å². The number of benzene rings is 1. The van der Waals surface area contributed by atoms with Gasteiger partial charge in [-0.3, -0.25) is 4.79 Å². The Hall–Kier alpha value is -2.31.